The highest BCUT2D eigenvalue weighted by Gasteiger charge is 2.39. The van der Waals surface area contributed by atoms with Crippen molar-refractivity contribution < 1.29 is 19.4 Å². The zero-order chi connectivity index (χ0) is 16.9. The molecule has 0 aromatic heterocycles. The SMILES string of the molecule is CCOC(=O)C1CCC(CCO)(c2ccc(OC)c(C)c2)CC1. The molecule has 0 unspecified atom stereocenters. The summed E-state index contributed by atoms with van der Waals surface area (Å²) in [4.78, 5) is 12.0. The van der Waals surface area contributed by atoms with Gasteiger partial charge in [-0.25, -0.2) is 0 Å². The lowest BCUT2D eigenvalue weighted by Crippen LogP contribution is -2.35. The molecular weight excluding hydrogens is 292 g/mol. The van der Waals surface area contributed by atoms with Crippen molar-refractivity contribution >= 4 is 5.97 Å². The zero-order valence-corrected chi connectivity index (χ0v) is 14.4. The van der Waals surface area contributed by atoms with Crippen LogP contribution in [0.3, 0.4) is 0 Å². The van der Waals surface area contributed by atoms with Gasteiger partial charge in [0, 0.05) is 6.61 Å². The maximum absolute atomic E-state index is 12.0. The number of ether oxygens (including phenoxy) is 2. The molecule has 128 valence electrons. The molecule has 4 nitrogen and oxygen atoms in total. The largest absolute Gasteiger partial charge is 0.496 e. The normalized spacial score (nSPS) is 24.3. The highest BCUT2D eigenvalue weighted by atomic mass is 16.5. The average molecular weight is 320 g/mol. The van der Waals surface area contributed by atoms with E-state index in [1.807, 2.05) is 19.9 Å². The number of hydrogen-bond donors (Lipinski definition) is 1. The van der Waals surface area contributed by atoms with Crippen molar-refractivity contribution in [3.05, 3.63) is 29.3 Å². The minimum atomic E-state index is -0.0731. The molecule has 1 N–H and O–H groups in total. The van der Waals surface area contributed by atoms with Crippen LogP contribution in [0.5, 0.6) is 5.75 Å². The Labute approximate surface area is 138 Å². The lowest BCUT2D eigenvalue weighted by atomic mass is 9.65. The number of aryl methyl sites for hydroxylation is 1. The number of hydrogen-bond acceptors (Lipinski definition) is 4. The first kappa shape index (κ1) is 17.8. The topological polar surface area (TPSA) is 55.8 Å². The Morgan fingerprint density at radius 3 is 2.57 bits per heavy atom. The van der Waals surface area contributed by atoms with Crippen molar-refractivity contribution in [1.29, 1.82) is 0 Å². The molecule has 1 aliphatic carbocycles. The third-order valence-electron chi connectivity index (χ3n) is 5.16. The predicted molar refractivity (Wildman–Crippen MR) is 89.7 cm³/mol. The lowest BCUT2D eigenvalue weighted by Gasteiger charge is -2.40. The van der Waals surface area contributed by atoms with Gasteiger partial charge in [0.05, 0.1) is 19.6 Å². The molecule has 0 atom stereocenters. The van der Waals surface area contributed by atoms with Crippen molar-refractivity contribution in [2.45, 2.75) is 51.4 Å². The van der Waals surface area contributed by atoms with Gasteiger partial charge in [0.15, 0.2) is 0 Å². The molecule has 23 heavy (non-hydrogen) atoms. The number of rotatable bonds is 6. The molecule has 0 bridgehead atoms. The highest BCUT2D eigenvalue weighted by molar-refractivity contribution is 5.72. The second-order valence-electron chi connectivity index (χ2n) is 6.46. The second kappa shape index (κ2) is 7.82. The smallest absolute Gasteiger partial charge is 0.308 e. The van der Waals surface area contributed by atoms with Gasteiger partial charge in [-0.3, -0.25) is 4.79 Å². The van der Waals surface area contributed by atoms with Crippen molar-refractivity contribution in [2.75, 3.05) is 20.3 Å². The summed E-state index contributed by atoms with van der Waals surface area (Å²) in [6.45, 7) is 4.49. The van der Waals surface area contributed by atoms with Crippen molar-refractivity contribution in [1.82, 2.24) is 0 Å². The van der Waals surface area contributed by atoms with E-state index >= 15 is 0 Å². The fourth-order valence-electron chi connectivity index (χ4n) is 3.77. The van der Waals surface area contributed by atoms with Gasteiger partial charge >= 0.3 is 5.97 Å². The van der Waals surface area contributed by atoms with E-state index in [-0.39, 0.29) is 23.9 Å². The number of carbonyl (C=O) groups excluding carboxylic acids is 1. The second-order valence-corrected chi connectivity index (χ2v) is 6.46. The van der Waals surface area contributed by atoms with Gasteiger partial charge in [-0.05, 0) is 68.6 Å². The van der Waals surface area contributed by atoms with Crippen LogP contribution in [-0.4, -0.2) is 31.4 Å². The molecule has 1 aliphatic rings. The first-order valence-electron chi connectivity index (χ1n) is 8.49. The summed E-state index contributed by atoms with van der Waals surface area (Å²) in [5.74, 6) is 0.810. The van der Waals surface area contributed by atoms with Crippen LogP contribution in [0.1, 0.15) is 50.2 Å². The molecule has 4 heteroatoms. The lowest BCUT2D eigenvalue weighted by molar-refractivity contribution is -0.149. The molecular formula is C19H28O4. The summed E-state index contributed by atoms with van der Waals surface area (Å²) in [5, 5.41) is 9.56. The van der Waals surface area contributed by atoms with Crippen LogP contribution in [0.4, 0.5) is 0 Å². The number of carbonyl (C=O) groups is 1. The van der Waals surface area contributed by atoms with E-state index < -0.39 is 0 Å². The third kappa shape index (κ3) is 3.86. The van der Waals surface area contributed by atoms with E-state index in [4.69, 9.17) is 9.47 Å². The number of esters is 1. The molecule has 0 aliphatic heterocycles. The Morgan fingerprint density at radius 2 is 2.04 bits per heavy atom. The summed E-state index contributed by atoms with van der Waals surface area (Å²) >= 11 is 0. The minimum Gasteiger partial charge on any atom is -0.496 e. The van der Waals surface area contributed by atoms with Crippen molar-refractivity contribution in [3.63, 3.8) is 0 Å². The van der Waals surface area contributed by atoms with E-state index in [0.717, 1.165) is 43.4 Å². The Morgan fingerprint density at radius 1 is 1.35 bits per heavy atom. The maximum atomic E-state index is 12.0. The monoisotopic (exact) mass is 320 g/mol. The van der Waals surface area contributed by atoms with Crippen LogP contribution in [0, 0.1) is 12.8 Å². The van der Waals surface area contributed by atoms with Gasteiger partial charge in [-0.2, -0.15) is 0 Å². The number of methoxy groups -OCH3 is 1. The van der Waals surface area contributed by atoms with Gasteiger partial charge in [-0.15, -0.1) is 0 Å². The Balaban J connectivity index is 2.18. The van der Waals surface area contributed by atoms with E-state index in [2.05, 4.69) is 12.1 Å². The fourth-order valence-corrected chi connectivity index (χ4v) is 3.77. The van der Waals surface area contributed by atoms with Gasteiger partial charge in [0.2, 0.25) is 0 Å². The molecule has 0 spiro atoms. The number of aliphatic hydroxyl groups is 1. The van der Waals surface area contributed by atoms with Gasteiger partial charge in [-0.1, -0.05) is 12.1 Å². The third-order valence-corrected chi connectivity index (χ3v) is 5.16. The first-order valence-corrected chi connectivity index (χ1v) is 8.49. The van der Waals surface area contributed by atoms with E-state index in [9.17, 15) is 9.90 Å². The van der Waals surface area contributed by atoms with Crippen LogP contribution < -0.4 is 4.74 Å². The molecule has 1 saturated carbocycles. The maximum Gasteiger partial charge on any atom is 0.308 e. The van der Waals surface area contributed by atoms with Crippen LogP contribution >= 0.6 is 0 Å². The average Bonchev–Trinajstić information content (AvgIpc) is 2.56. The molecule has 1 aromatic carbocycles. The molecule has 0 saturated heterocycles. The minimum absolute atomic E-state index is 0.00103. The molecule has 2 rings (SSSR count). The van der Waals surface area contributed by atoms with Gasteiger partial charge < -0.3 is 14.6 Å². The first-order chi connectivity index (χ1) is 11.1. The molecule has 1 aromatic rings. The van der Waals surface area contributed by atoms with Gasteiger partial charge in [0.1, 0.15) is 5.75 Å². The standard InChI is InChI=1S/C19H28O4/c1-4-23-18(21)15-7-9-19(10-8-15,11-12-20)16-5-6-17(22-3)14(2)13-16/h5-6,13,15,20H,4,7-12H2,1-3H3. The Hall–Kier alpha value is -1.55. The number of benzene rings is 1. The highest BCUT2D eigenvalue weighted by Crippen LogP contribution is 2.45. The fraction of sp³-hybridized carbons (Fsp3) is 0.632. The van der Waals surface area contributed by atoms with Crippen molar-refractivity contribution in [2.24, 2.45) is 5.92 Å². The van der Waals surface area contributed by atoms with Crippen LogP contribution in [0.2, 0.25) is 0 Å². The number of aliphatic hydroxyl groups excluding tert-OH is 1. The quantitative estimate of drug-likeness (QED) is 0.817. The Bertz CT molecular complexity index is 530. The Kier molecular flexibility index (Phi) is 6.05. The van der Waals surface area contributed by atoms with Crippen LogP contribution in [0.25, 0.3) is 0 Å². The molecule has 0 amide bonds. The summed E-state index contributed by atoms with van der Waals surface area (Å²) in [6.07, 6.45) is 4.19. The van der Waals surface area contributed by atoms with E-state index in [1.54, 1.807) is 7.11 Å². The van der Waals surface area contributed by atoms with E-state index in [0.29, 0.717) is 6.61 Å². The summed E-state index contributed by atoms with van der Waals surface area (Å²) < 4.78 is 10.5. The predicted octanol–water partition coefficient (Wildman–Crippen LogP) is 3.38. The van der Waals surface area contributed by atoms with Crippen LogP contribution in [0.15, 0.2) is 18.2 Å². The summed E-state index contributed by atoms with van der Waals surface area (Å²) in [7, 11) is 1.68. The van der Waals surface area contributed by atoms with Gasteiger partial charge in [0.25, 0.3) is 0 Å². The van der Waals surface area contributed by atoms with E-state index in [1.165, 1.54) is 5.56 Å². The zero-order valence-electron chi connectivity index (χ0n) is 14.4. The van der Waals surface area contributed by atoms with Crippen LogP contribution in [-0.2, 0) is 14.9 Å². The summed E-state index contributed by atoms with van der Waals surface area (Å²) in [6, 6.07) is 6.27. The molecule has 0 radical (unpaired) electrons. The van der Waals surface area contributed by atoms with Crippen molar-refractivity contribution in [3.8, 4) is 5.75 Å². The summed E-state index contributed by atoms with van der Waals surface area (Å²) in [5.41, 5.74) is 2.30. The molecule has 0 heterocycles. The molecule has 1 fully saturated rings.